The van der Waals surface area contributed by atoms with E-state index >= 15 is 0 Å². The molecule has 0 bridgehead atoms. The number of methoxy groups -OCH3 is 1. The molecule has 0 fully saturated rings. The monoisotopic (exact) mass is 426 g/mol. The van der Waals surface area contributed by atoms with Crippen LogP contribution < -0.4 is 10.6 Å². The van der Waals surface area contributed by atoms with Gasteiger partial charge in [-0.1, -0.05) is 17.7 Å². The number of aliphatic imine (C=N–C) groups is 1. The van der Waals surface area contributed by atoms with Gasteiger partial charge in [-0.25, -0.2) is 4.98 Å². The lowest BCUT2D eigenvalue weighted by Gasteiger charge is -2.11. The number of guanidine groups is 1. The van der Waals surface area contributed by atoms with Gasteiger partial charge in [-0.3, -0.25) is 4.99 Å². The molecule has 0 aliphatic carbocycles. The molecule has 0 saturated carbocycles. The zero-order valence-electron chi connectivity index (χ0n) is 12.6. The third-order valence-corrected chi connectivity index (χ3v) is 2.84. The molecular weight excluding hydrogens is 403 g/mol. The molecule has 5 nitrogen and oxygen atoms in total. The number of ether oxygens (including phenoxy) is 1. The Morgan fingerprint density at radius 1 is 1.38 bits per heavy atom. The van der Waals surface area contributed by atoms with Crippen LogP contribution in [0.1, 0.15) is 18.9 Å². The molecule has 0 unspecified atom stereocenters. The van der Waals surface area contributed by atoms with Crippen LogP contribution in [0.25, 0.3) is 0 Å². The van der Waals surface area contributed by atoms with Gasteiger partial charge in [-0.15, -0.1) is 24.0 Å². The molecule has 0 aromatic carbocycles. The molecule has 120 valence electrons. The Morgan fingerprint density at radius 2 is 2.19 bits per heavy atom. The van der Waals surface area contributed by atoms with Crippen molar-refractivity contribution in [3.8, 4) is 0 Å². The molecule has 0 spiro atoms. The second kappa shape index (κ2) is 13.1. The van der Waals surface area contributed by atoms with Gasteiger partial charge in [0.25, 0.3) is 0 Å². The van der Waals surface area contributed by atoms with E-state index in [-0.39, 0.29) is 24.0 Å². The highest BCUT2D eigenvalue weighted by molar-refractivity contribution is 14.0. The Labute approximate surface area is 148 Å². The first-order chi connectivity index (χ1) is 9.76. The summed E-state index contributed by atoms with van der Waals surface area (Å²) in [5.41, 5.74) is 1.15. The smallest absolute Gasteiger partial charge is 0.191 e. The first-order valence-corrected chi connectivity index (χ1v) is 7.25. The second-order valence-corrected chi connectivity index (χ2v) is 4.66. The van der Waals surface area contributed by atoms with E-state index in [1.807, 2.05) is 6.07 Å². The van der Waals surface area contributed by atoms with E-state index in [2.05, 4.69) is 27.5 Å². The lowest BCUT2D eigenvalue weighted by atomic mass is 10.2. The molecule has 1 rings (SSSR count). The largest absolute Gasteiger partial charge is 0.385 e. The molecule has 0 atom stereocenters. The summed E-state index contributed by atoms with van der Waals surface area (Å²) in [6, 6.07) is 3.79. The van der Waals surface area contributed by atoms with E-state index in [0.29, 0.717) is 5.15 Å². The Balaban J connectivity index is 0.00000400. The minimum atomic E-state index is 0. The highest BCUT2D eigenvalue weighted by Gasteiger charge is 1.98. The lowest BCUT2D eigenvalue weighted by Crippen LogP contribution is -2.38. The summed E-state index contributed by atoms with van der Waals surface area (Å²) in [7, 11) is 1.70. The number of nitrogens with zero attached hydrogens (tertiary/aromatic N) is 2. The molecule has 0 amide bonds. The molecule has 0 aliphatic heterocycles. The Morgan fingerprint density at radius 3 is 2.81 bits per heavy atom. The van der Waals surface area contributed by atoms with E-state index in [4.69, 9.17) is 16.3 Å². The summed E-state index contributed by atoms with van der Waals surface area (Å²) in [6.45, 7) is 5.19. The van der Waals surface area contributed by atoms with Gasteiger partial charge in [0.2, 0.25) is 0 Å². The quantitative estimate of drug-likeness (QED) is 0.220. The number of rotatable bonds is 8. The first kappa shape index (κ1) is 20.4. The van der Waals surface area contributed by atoms with Gasteiger partial charge in [-0.2, -0.15) is 0 Å². The van der Waals surface area contributed by atoms with Crippen LogP contribution in [0, 0.1) is 0 Å². The predicted molar refractivity (Wildman–Crippen MR) is 98.8 cm³/mol. The molecule has 1 aromatic rings. The number of hydrogen-bond donors (Lipinski definition) is 2. The van der Waals surface area contributed by atoms with E-state index in [1.165, 1.54) is 0 Å². The van der Waals surface area contributed by atoms with Crippen LogP contribution in [0.3, 0.4) is 0 Å². The van der Waals surface area contributed by atoms with Gasteiger partial charge in [0.05, 0.1) is 0 Å². The van der Waals surface area contributed by atoms with Crippen molar-refractivity contribution in [1.82, 2.24) is 15.6 Å². The number of hydrogen-bond acceptors (Lipinski definition) is 3. The van der Waals surface area contributed by atoms with Crippen LogP contribution in [0.5, 0.6) is 0 Å². The highest BCUT2D eigenvalue weighted by Crippen LogP contribution is 2.05. The molecule has 0 saturated heterocycles. The maximum absolute atomic E-state index is 5.75. The Hall–Kier alpha value is -0.600. The topological polar surface area (TPSA) is 58.5 Å². The van der Waals surface area contributed by atoms with Crippen molar-refractivity contribution in [2.75, 3.05) is 33.4 Å². The molecule has 2 N–H and O–H groups in total. The number of nitrogens with one attached hydrogen (secondary N) is 2. The summed E-state index contributed by atoms with van der Waals surface area (Å²) in [5.74, 6) is 0.838. The van der Waals surface area contributed by atoms with Crippen molar-refractivity contribution < 1.29 is 4.74 Å². The molecular formula is C14H24ClIN4O. The van der Waals surface area contributed by atoms with Gasteiger partial charge in [-0.05, 0) is 31.4 Å². The summed E-state index contributed by atoms with van der Waals surface area (Å²) in [4.78, 5) is 8.54. The first-order valence-electron chi connectivity index (χ1n) is 6.87. The van der Waals surface area contributed by atoms with E-state index in [9.17, 15) is 0 Å². The lowest BCUT2D eigenvalue weighted by molar-refractivity contribution is 0.197. The van der Waals surface area contributed by atoms with Gasteiger partial charge in [0.1, 0.15) is 5.15 Å². The number of aromatic nitrogens is 1. The van der Waals surface area contributed by atoms with Crippen molar-refractivity contribution in [3.63, 3.8) is 0 Å². The van der Waals surface area contributed by atoms with E-state index in [0.717, 1.165) is 50.6 Å². The molecule has 21 heavy (non-hydrogen) atoms. The van der Waals surface area contributed by atoms with Crippen molar-refractivity contribution in [2.45, 2.75) is 19.8 Å². The maximum atomic E-state index is 5.75. The van der Waals surface area contributed by atoms with E-state index < -0.39 is 0 Å². The fraction of sp³-hybridized carbons (Fsp3) is 0.571. The second-order valence-electron chi connectivity index (χ2n) is 4.27. The van der Waals surface area contributed by atoms with Gasteiger partial charge in [0.15, 0.2) is 5.96 Å². The zero-order chi connectivity index (χ0) is 14.6. The van der Waals surface area contributed by atoms with Crippen LogP contribution >= 0.6 is 35.6 Å². The van der Waals surface area contributed by atoms with Gasteiger partial charge < -0.3 is 15.4 Å². The summed E-state index contributed by atoms with van der Waals surface area (Å²) >= 11 is 5.75. The molecule has 0 radical (unpaired) electrons. The van der Waals surface area contributed by atoms with E-state index in [1.54, 1.807) is 19.4 Å². The molecule has 1 heterocycles. The fourth-order valence-corrected chi connectivity index (χ4v) is 1.73. The minimum absolute atomic E-state index is 0. The van der Waals surface area contributed by atoms with Gasteiger partial charge in [0, 0.05) is 39.5 Å². The predicted octanol–water partition coefficient (Wildman–Crippen LogP) is 2.49. The molecule has 1 aromatic heterocycles. The average Bonchev–Trinajstić information content (AvgIpc) is 2.45. The third kappa shape index (κ3) is 9.87. The summed E-state index contributed by atoms with van der Waals surface area (Å²) < 4.78 is 5.00. The third-order valence-electron chi connectivity index (χ3n) is 2.62. The summed E-state index contributed by atoms with van der Waals surface area (Å²) in [6.07, 6.45) is 3.60. The van der Waals surface area contributed by atoms with Crippen LogP contribution in [-0.4, -0.2) is 44.3 Å². The maximum Gasteiger partial charge on any atom is 0.191 e. The zero-order valence-corrected chi connectivity index (χ0v) is 15.6. The van der Waals surface area contributed by atoms with Crippen LogP contribution in [0.4, 0.5) is 0 Å². The normalized spacial score (nSPS) is 10.9. The highest BCUT2D eigenvalue weighted by atomic mass is 127. The molecule has 0 aliphatic rings. The number of halogens is 2. The number of pyridine rings is 1. The van der Waals surface area contributed by atoms with Crippen molar-refractivity contribution >= 4 is 41.5 Å². The SMILES string of the molecule is CCNC(=NCCCOC)NCCc1ccc(Cl)nc1.I. The van der Waals surface area contributed by atoms with Gasteiger partial charge >= 0.3 is 0 Å². The standard InChI is InChI=1S/C14H23ClN4O.HI/c1-3-16-14(17-8-4-10-20-2)18-9-7-12-5-6-13(15)19-11-12;/h5-6,11H,3-4,7-10H2,1-2H3,(H2,16,17,18);1H. The minimum Gasteiger partial charge on any atom is -0.385 e. The van der Waals surface area contributed by atoms with Crippen molar-refractivity contribution in [3.05, 3.63) is 29.0 Å². The fourth-order valence-electron chi connectivity index (χ4n) is 1.62. The van der Waals surface area contributed by atoms with Crippen molar-refractivity contribution in [2.24, 2.45) is 4.99 Å². The van der Waals surface area contributed by atoms with Crippen LogP contribution in [-0.2, 0) is 11.2 Å². The average molecular weight is 427 g/mol. The van der Waals surface area contributed by atoms with Crippen LogP contribution in [0.2, 0.25) is 5.15 Å². The Bertz CT molecular complexity index is 400. The van der Waals surface area contributed by atoms with Crippen molar-refractivity contribution in [1.29, 1.82) is 0 Å². The summed E-state index contributed by atoms with van der Waals surface area (Å²) in [5, 5.41) is 7.04. The Kier molecular flexibility index (Phi) is 12.7. The molecule has 7 heteroatoms. The van der Waals surface area contributed by atoms with Crippen LogP contribution in [0.15, 0.2) is 23.3 Å².